The van der Waals surface area contributed by atoms with Gasteiger partial charge < -0.3 is 5.11 Å². The summed E-state index contributed by atoms with van der Waals surface area (Å²) >= 11 is 8.21. The Bertz CT molecular complexity index is 1310. The summed E-state index contributed by atoms with van der Waals surface area (Å²) < 4.78 is 17.1. The molecule has 0 aliphatic rings. The zero-order valence-corrected chi connectivity index (χ0v) is 21.4. The summed E-state index contributed by atoms with van der Waals surface area (Å²) in [6.07, 6.45) is 1.16. The SMILES string of the molecule is CC(O)c1ccnc(-c2cccc3cc(C(N[S@](=O)C(C)(C)C)c4ccccc4Cl)sc23)c1. The third-order valence-corrected chi connectivity index (χ3v) is 8.54. The smallest absolute Gasteiger partial charge is 0.0979 e. The summed E-state index contributed by atoms with van der Waals surface area (Å²) in [6, 6.07) is 19.4. The molecule has 7 heteroatoms. The molecule has 0 amide bonds. The van der Waals surface area contributed by atoms with Crippen LogP contribution >= 0.6 is 22.9 Å². The average Bonchev–Trinajstić information content (AvgIpc) is 3.21. The van der Waals surface area contributed by atoms with Crippen molar-refractivity contribution in [2.24, 2.45) is 0 Å². The van der Waals surface area contributed by atoms with E-state index in [2.05, 4.69) is 21.8 Å². The zero-order chi connectivity index (χ0) is 23.8. The Balaban J connectivity index is 1.84. The molecule has 0 saturated carbocycles. The van der Waals surface area contributed by atoms with Crippen LogP contribution in [-0.4, -0.2) is 19.0 Å². The van der Waals surface area contributed by atoms with Gasteiger partial charge in [0.15, 0.2) is 0 Å². The van der Waals surface area contributed by atoms with Crippen molar-refractivity contribution in [2.45, 2.75) is 44.6 Å². The summed E-state index contributed by atoms with van der Waals surface area (Å²) in [4.78, 5) is 5.58. The van der Waals surface area contributed by atoms with E-state index < -0.39 is 21.8 Å². The number of hydrogen-bond donors (Lipinski definition) is 2. The van der Waals surface area contributed by atoms with Crippen LogP contribution in [-0.2, 0) is 11.0 Å². The molecule has 0 aliphatic carbocycles. The van der Waals surface area contributed by atoms with E-state index in [9.17, 15) is 9.32 Å². The fraction of sp³-hybridized carbons (Fsp3) is 0.269. The molecule has 2 N–H and O–H groups in total. The molecule has 0 bridgehead atoms. The van der Waals surface area contributed by atoms with E-state index in [1.807, 2.05) is 69.3 Å². The molecule has 0 spiro atoms. The highest BCUT2D eigenvalue weighted by Gasteiger charge is 2.27. The van der Waals surface area contributed by atoms with Crippen molar-refractivity contribution in [1.82, 2.24) is 9.71 Å². The van der Waals surface area contributed by atoms with Gasteiger partial charge in [-0.25, -0.2) is 8.93 Å². The van der Waals surface area contributed by atoms with Crippen molar-refractivity contribution in [3.63, 3.8) is 0 Å². The van der Waals surface area contributed by atoms with E-state index >= 15 is 0 Å². The van der Waals surface area contributed by atoms with E-state index in [1.54, 1.807) is 24.5 Å². The second-order valence-corrected chi connectivity index (χ2v) is 12.5. The lowest BCUT2D eigenvalue weighted by atomic mass is 10.0. The lowest BCUT2D eigenvalue weighted by Crippen LogP contribution is -2.36. The molecular weight excluding hydrogens is 472 g/mol. The molecule has 2 heterocycles. The summed E-state index contributed by atoms with van der Waals surface area (Å²) in [7, 11) is -1.29. The average molecular weight is 499 g/mol. The van der Waals surface area contributed by atoms with Gasteiger partial charge in [0.05, 0.1) is 33.6 Å². The summed E-state index contributed by atoms with van der Waals surface area (Å²) in [5.74, 6) is 0. The van der Waals surface area contributed by atoms with E-state index in [4.69, 9.17) is 11.6 Å². The normalized spacial score (nSPS) is 14.8. The summed E-state index contributed by atoms with van der Waals surface area (Å²) in [6.45, 7) is 7.59. The lowest BCUT2D eigenvalue weighted by molar-refractivity contribution is 0.199. The fourth-order valence-electron chi connectivity index (χ4n) is 3.55. The Morgan fingerprint density at radius 3 is 2.55 bits per heavy atom. The standard InChI is InChI=1S/C26H27ClN2O2S2/c1-16(30)17-12-13-28-22(14-17)20-10-7-8-18-15-23(32-25(18)20)24(29-33(31)26(2,3)4)19-9-5-6-11-21(19)27/h5-16,24,29-30H,1-4H3/t16?,24?,33-/m1/s1. The Labute approximate surface area is 206 Å². The van der Waals surface area contributed by atoms with Crippen LogP contribution in [0.15, 0.2) is 66.9 Å². The second-order valence-electron chi connectivity index (χ2n) is 8.98. The first-order valence-corrected chi connectivity index (χ1v) is 13.1. The quantitative estimate of drug-likeness (QED) is 0.307. The topological polar surface area (TPSA) is 62.2 Å². The second kappa shape index (κ2) is 9.65. The fourth-order valence-corrected chi connectivity index (χ4v) is 5.94. The van der Waals surface area contributed by atoms with Gasteiger partial charge in [0.1, 0.15) is 0 Å². The molecule has 4 rings (SSSR count). The van der Waals surface area contributed by atoms with Crippen molar-refractivity contribution in [3.05, 3.63) is 87.9 Å². The van der Waals surface area contributed by atoms with Crippen LogP contribution < -0.4 is 4.72 Å². The molecule has 2 aromatic carbocycles. The Morgan fingerprint density at radius 2 is 1.85 bits per heavy atom. The molecule has 0 radical (unpaired) electrons. The predicted molar refractivity (Wildman–Crippen MR) is 140 cm³/mol. The maximum atomic E-state index is 13.1. The van der Waals surface area contributed by atoms with Gasteiger partial charge >= 0.3 is 0 Å². The Morgan fingerprint density at radius 1 is 1.09 bits per heavy atom. The number of pyridine rings is 1. The lowest BCUT2D eigenvalue weighted by Gasteiger charge is -2.24. The predicted octanol–water partition coefficient (Wildman–Crippen LogP) is 6.81. The molecule has 0 fully saturated rings. The first kappa shape index (κ1) is 24.0. The van der Waals surface area contributed by atoms with Crippen LogP contribution in [0.3, 0.4) is 0 Å². The van der Waals surface area contributed by atoms with E-state index in [0.29, 0.717) is 5.02 Å². The van der Waals surface area contributed by atoms with Gasteiger partial charge in [-0.05, 0) is 68.5 Å². The number of aliphatic hydroxyl groups excluding tert-OH is 1. The number of hydrogen-bond acceptors (Lipinski definition) is 4. The monoisotopic (exact) mass is 498 g/mol. The molecule has 2 unspecified atom stereocenters. The molecular formula is C26H27ClN2O2S2. The number of rotatable bonds is 6. The van der Waals surface area contributed by atoms with Gasteiger partial charge in [-0.3, -0.25) is 4.98 Å². The van der Waals surface area contributed by atoms with Crippen LogP contribution in [0.5, 0.6) is 0 Å². The summed E-state index contributed by atoms with van der Waals surface area (Å²) in [5, 5.41) is 11.7. The number of aliphatic hydroxyl groups is 1. The van der Waals surface area contributed by atoms with Crippen LogP contribution in [0.25, 0.3) is 21.3 Å². The number of aromatic nitrogens is 1. The number of nitrogens with one attached hydrogen (secondary N) is 1. The number of thiophene rings is 1. The number of nitrogens with zero attached hydrogens (tertiary/aromatic N) is 1. The molecule has 4 aromatic rings. The first-order chi connectivity index (χ1) is 15.6. The van der Waals surface area contributed by atoms with Crippen molar-refractivity contribution in [3.8, 4) is 11.3 Å². The molecule has 33 heavy (non-hydrogen) atoms. The molecule has 2 aromatic heterocycles. The molecule has 0 saturated heterocycles. The number of benzene rings is 2. The van der Waals surface area contributed by atoms with Gasteiger partial charge in [0.25, 0.3) is 0 Å². The Kier molecular flexibility index (Phi) is 7.03. The zero-order valence-electron chi connectivity index (χ0n) is 19.0. The molecule has 172 valence electrons. The first-order valence-electron chi connectivity index (χ1n) is 10.7. The van der Waals surface area contributed by atoms with Crippen molar-refractivity contribution < 1.29 is 9.32 Å². The van der Waals surface area contributed by atoms with Gasteiger partial charge in [-0.15, -0.1) is 11.3 Å². The van der Waals surface area contributed by atoms with Gasteiger partial charge in [0, 0.05) is 26.4 Å². The van der Waals surface area contributed by atoms with Crippen molar-refractivity contribution in [1.29, 1.82) is 0 Å². The van der Waals surface area contributed by atoms with Gasteiger partial charge in [0.2, 0.25) is 0 Å². The highest BCUT2D eigenvalue weighted by Crippen LogP contribution is 2.40. The van der Waals surface area contributed by atoms with Crippen LogP contribution in [0.1, 0.15) is 55.8 Å². The number of fused-ring (bicyclic) bond motifs is 1. The third-order valence-electron chi connectivity index (χ3n) is 5.39. The highest BCUT2D eigenvalue weighted by molar-refractivity contribution is 7.84. The van der Waals surface area contributed by atoms with Crippen LogP contribution in [0.4, 0.5) is 0 Å². The van der Waals surface area contributed by atoms with Crippen LogP contribution in [0, 0.1) is 0 Å². The third kappa shape index (κ3) is 5.20. The van der Waals surface area contributed by atoms with E-state index in [-0.39, 0.29) is 6.04 Å². The highest BCUT2D eigenvalue weighted by atomic mass is 35.5. The molecule has 4 nitrogen and oxygen atoms in total. The molecule has 0 aliphatic heterocycles. The van der Waals surface area contributed by atoms with Crippen molar-refractivity contribution in [2.75, 3.05) is 0 Å². The van der Waals surface area contributed by atoms with Crippen LogP contribution in [0.2, 0.25) is 5.02 Å². The maximum absolute atomic E-state index is 13.1. The minimum atomic E-state index is -1.29. The Hall–Kier alpha value is -2.09. The van der Waals surface area contributed by atoms with E-state index in [1.165, 1.54) is 0 Å². The summed E-state index contributed by atoms with van der Waals surface area (Å²) in [5.41, 5.74) is 3.53. The minimum absolute atomic E-state index is 0.319. The maximum Gasteiger partial charge on any atom is 0.0979 e. The van der Waals surface area contributed by atoms with E-state index in [0.717, 1.165) is 37.3 Å². The van der Waals surface area contributed by atoms with Crippen molar-refractivity contribution >= 4 is 44.0 Å². The number of halogens is 1. The largest absolute Gasteiger partial charge is 0.389 e. The molecule has 3 atom stereocenters. The van der Waals surface area contributed by atoms with Gasteiger partial charge in [-0.2, -0.15) is 0 Å². The van der Waals surface area contributed by atoms with Gasteiger partial charge in [-0.1, -0.05) is 48.0 Å². The minimum Gasteiger partial charge on any atom is -0.389 e.